The first-order valence-corrected chi connectivity index (χ1v) is 11.2. The van der Waals surface area contributed by atoms with Gasteiger partial charge in [0.1, 0.15) is 5.82 Å². The summed E-state index contributed by atoms with van der Waals surface area (Å²) >= 11 is 0. The van der Waals surface area contributed by atoms with Crippen molar-refractivity contribution in [3.63, 3.8) is 0 Å². The number of carbonyl (C=O) groups excluding carboxylic acids is 1. The van der Waals surface area contributed by atoms with Crippen molar-refractivity contribution in [2.75, 3.05) is 26.2 Å². The number of aromatic nitrogens is 1. The highest BCUT2D eigenvalue weighted by Crippen LogP contribution is 2.29. The molecule has 0 N–H and O–H groups in total. The molecule has 2 aromatic carbocycles. The van der Waals surface area contributed by atoms with Crippen LogP contribution in [0.3, 0.4) is 0 Å². The Morgan fingerprint density at radius 2 is 1.62 bits per heavy atom. The Kier molecular flexibility index (Phi) is 5.62. The molecule has 5 nitrogen and oxygen atoms in total. The Hall–Kier alpha value is -3.25. The third kappa shape index (κ3) is 3.86. The summed E-state index contributed by atoms with van der Waals surface area (Å²) < 4.78 is 15.8. The van der Waals surface area contributed by atoms with E-state index in [2.05, 4.69) is 4.90 Å². The van der Waals surface area contributed by atoms with Crippen LogP contribution in [0.2, 0.25) is 0 Å². The maximum atomic E-state index is 14.0. The Balaban J connectivity index is 1.40. The molecule has 1 fully saturated rings. The molecule has 3 heterocycles. The Morgan fingerprint density at radius 3 is 2.38 bits per heavy atom. The van der Waals surface area contributed by atoms with Crippen LogP contribution < -0.4 is 5.56 Å². The molecular weight excluding hydrogens is 405 g/mol. The zero-order valence-corrected chi connectivity index (χ0v) is 18.0. The monoisotopic (exact) mass is 431 g/mol. The van der Waals surface area contributed by atoms with Crippen molar-refractivity contribution in [1.82, 2.24) is 14.4 Å². The first-order chi connectivity index (χ1) is 15.6. The number of piperazine rings is 1. The van der Waals surface area contributed by atoms with Gasteiger partial charge in [0.15, 0.2) is 0 Å². The van der Waals surface area contributed by atoms with Crippen LogP contribution in [0.25, 0.3) is 11.1 Å². The molecule has 0 atom stereocenters. The molecule has 0 radical (unpaired) electrons. The first-order valence-electron chi connectivity index (χ1n) is 11.2. The van der Waals surface area contributed by atoms with E-state index in [0.717, 1.165) is 29.7 Å². The second-order valence-corrected chi connectivity index (χ2v) is 8.50. The van der Waals surface area contributed by atoms with Crippen molar-refractivity contribution in [2.45, 2.75) is 25.9 Å². The number of hydrogen-bond donors (Lipinski definition) is 0. The highest BCUT2D eigenvalue weighted by molar-refractivity contribution is 6.02. The van der Waals surface area contributed by atoms with Gasteiger partial charge in [-0.25, -0.2) is 4.39 Å². The summed E-state index contributed by atoms with van der Waals surface area (Å²) in [6.45, 7) is 3.76. The highest BCUT2D eigenvalue weighted by atomic mass is 19.1. The lowest BCUT2D eigenvalue weighted by molar-refractivity contribution is 0.0626. The number of carbonyl (C=O) groups is 1. The van der Waals surface area contributed by atoms with Crippen molar-refractivity contribution in [2.24, 2.45) is 0 Å². The zero-order chi connectivity index (χ0) is 22.1. The summed E-state index contributed by atoms with van der Waals surface area (Å²) in [6, 6.07) is 18.1. The molecule has 1 saturated heterocycles. The minimum Gasteiger partial charge on any atom is -0.336 e. The Morgan fingerprint density at radius 1 is 0.906 bits per heavy atom. The van der Waals surface area contributed by atoms with Crippen LogP contribution in [-0.2, 0) is 19.5 Å². The minimum atomic E-state index is -0.191. The van der Waals surface area contributed by atoms with Gasteiger partial charge < -0.3 is 9.47 Å². The lowest BCUT2D eigenvalue weighted by Crippen LogP contribution is -2.48. The van der Waals surface area contributed by atoms with Crippen LogP contribution in [0.4, 0.5) is 4.39 Å². The maximum Gasteiger partial charge on any atom is 0.256 e. The number of pyridine rings is 1. The molecule has 0 spiro atoms. The van der Waals surface area contributed by atoms with E-state index in [4.69, 9.17) is 0 Å². The van der Waals surface area contributed by atoms with E-state index < -0.39 is 0 Å². The Bertz CT molecular complexity index is 1200. The van der Waals surface area contributed by atoms with Crippen LogP contribution in [-0.4, -0.2) is 46.5 Å². The van der Waals surface area contributed by atoms with Crippen molar-refractivity contribution in [3.05, 3.63) is 93.7 Å². The number of fused-ring (bicyclic) bond motifs is 1. The molecule has 0 aliphatic carbocycles. The summed E-state index contributed by atoms with van der Waals surface area (Å²) in [7, 11) is 0. The molecule has 1 amide bonds. The lowest BCUT2D eigenvalue weighted by atomic mass is 9.96. The van der Waals surface area contributed by atoms with E-state index in [1.54, 1.807) is 16.7 Å². The van der Waals surface area contributed by atoms with Crippen molar-refractivity contribution in [3.8, 4) is 11.1 Å². The van der Waals surface area contributed by atoms with Crippen LogP contribution in [0, 0.1) is 5.82 Å². The van der Waals surface area contributed by atoms with E-state index >= 15 is 0 Å². The molecular formula is C26H26FN3O2. The molecule has 1 aromatic heterocycles. The quantitative estimate of drug-likeness (QED) is 0.635. The predicted molar refractivity (Wildman–Crippen MR) is 122 cm³/mol. The number of rotatable bonds is 4. The molecule has 2 aliphatic rings. The summed E-state index contributed by atoms with van der Waals surface area (Å²) in [5, 5.41) is 0. The van der Waals surface area contributed by atoms with E-state index in [1.807, 2.05) is 47.4 Å². The van der Waals surface area contributed by atoms with Gasteiger partial charge in [-0.2, -0.15) is 0 Å². The largest absolute Gasteiger partial charge is 0.336 e. The van der Waals surface area contributed by atoms with Crippen LogP contribution in [0.5, 0.6) is 0 Å². The number of amides is 1. The molecule has 0 saturated carbocycles. The van der Waals surface area contributed by atoms with Crippen molar-refractivity contribution < 1.29 is 9.18 Å². The second kappa shape index (κ2) is 8.71. The molecule has 0 unspecified atom stereocenters. The van der Waals surface area contributed by atoms with Gasteiger partial charge in [-0.05, 0) is 24.5 Å². The second-order valence-electron chi connectivity index (χ2n) is 8.50. The van der Waals surface area contributed by atoms with Gasteiger partial charge >= 0.3 is 0 Å². The van der Waals surface area contributed by atoms with Gasteiger partial charge in [-0.1, -0.05) is 48.5 Å². The standard InChI is InChI=1S/C26H26FN3O2/c27-22-10-5-4-9-20(22)18-28-13-15-29(16-14-28)26(32)25-21(19-7-2-1-3-8-19)17-24(31)30-12-6-11-23(25)30/h1-5,7-10,17H,6,11-16,18H2. The number of halogens is 1. The maximum absolute atomic E-state index is 14.0. The van der Waals surface area contributed by atoms with Crippen LogP contribution in [0.1, 0.15) is 28.0 Å². The smallest absolute Gasteiger partial charge is 0.256 e. The van der Waals surface area contributed by atoms with E-state index in [1.165, 1.54) is 6.07 Å². The number of benzene rings is 2. The topological polar surface area (TPSA) is 45.6 Å². The summed E-state index contributed by atoms with van der Waals surface area (Å²) in [5.74, 6) is -0.205. The Labute approximate surface area is 186 Å². The first kappa shape index (κ1) is 20.6. The van der Waals surface area contributed by atoms with Gasteiger partial charge in [0, 0.05) is 62.2 Å². The molecule has 2 aliphatic heterocycles. The van der Waals surface area contributed by atoms with Crippen molar-refractivity contribution in [1.29, 1.82) is 0 Å². The molecule has 32 heavy (non-hydrogen) atoms. The van der Waals surface area contributed by atoms with Gasteiger partial charge in [-0.15, -0.1) is 0 Å². The summed E-state index contributed by atoms with van der Waals surface area (Å²) in [5.41, 5.74) is 3.77. The van der Waals surface area contributed by atoms with Gasteiger partial charge in [0.25, 0.3) is 11.5 Å². The van der Waals surface area contributed by atoms with Gasteiger partial charge in [0.05, 0.1) is 5.56 Å². The summed E-state index contributed by atoms with van der Waals surface area (Å²) in [6.07, 6.45) is 1.62. The molecule has 6 heteroatoms. The molecule has 0 bridgehead atoms. The number of nitrogens with zero attached hydrogens (tertiary/aromatic N) is 3. The highest BCUT2D eigenvalue weighted by Gasteiger charge is 2.30. The van der Waals surface area contributed by atoms with Crippen LogP contribution in [0.15, 0.2) is 65.5 Å². The average Bonchev–Trinajstić information content (AvgIpc) is 3.32. The third-order valence-electron chi connectivity index (χ3n) is 6.52. The minimum absolute atomic E-state index is 0.0138. The zero-order valence-electron chi connectivity index (χ0n) is 18.0. The van der Waals surface area contributed by atoms with E-state index in [-0.39, 0.29) is 17.3 Å². The number of hydrogen-bond acceptors (Lipinski definition) is 3. The molecule has 164 valence electrons. The van der Waals surface area contributed by atoms with E-state index in [9.17, 15) is 14.0 Å². The fraction of sp³-hybridized carbons (Fsp3) is 0.308. The average molecular weight is 432 g/mol. The predicted octanol–water partition coefficient (Wildman–Crippen LogP) is 3.56. The third-order valence-corrected chi connectivity index (χ3v) is 6.52. The van der Waals surface area contributed by atoms with Gasteiger partial charge in [0.2, 0.25) is 0 Å². The normalized spacial score (nSPS) is 16.2. The van der Waals surface area contributed by atoms with Gasteiger partial charge in [-0.3, -0.25) is 14.5 Å². The fourth-order valence-electron chi connectivity index (χ4n) is 4.83. The fourth-order valence-corrected chi connectivity index (χ4v) is 4.83. The van der Waals surface area contributed by atoms with Crippen molar-refractivity contribution >= 4 is 5.91 Å². The lowest BCUT2D eigenvalue weighted by Gasteiger charge is -2.35. The van der Waals surface area contributed by atoms with E-state index in [0.29, 0.717) is 50.4 Å². The molecule has 3 aromatic rings. The molecule has 5 rings (SSSR count). The summed E-state index contributed by atoms with van der Waals surface area (Å²) in [4.78, 5) is 30.5. The van der Waals surface area contributed by atoms with Crippen LogP contribution >= 0.6 is 0 Å². The SMILES string of the molecule is O=C(c1c(-c2ccccc2)cc(=O)n2c1CCC2)N1CCN(Cc2ccccc2F)CC1.